The summed E-state index contributed by atoms with van der Waals surface area (Å²) in [6.45, 7) is 4.98. The van der Waals surface area contributed by atoms with Crippen molar-refractivity contribution in [1.82, 2.24) is 0 Å². The Kier molecular flexibility index (Phi) is 6.68. The van der Waals surface area contributed by atoms with Crippen LogP contribution in [0, 0.1) is 0 Å². The van der Waals surface area contributed by atoms with Crippen LogP contribution in [0.4, 0.5) is 5.69 Å². The van der Waals surface area contributed by atoms with Crippen molar-refractivity contribution in [3.63, 3.8) is 0 Å². The first-order chi connectivity index (χ1) is 15.0. The van der Waals surface area contributed by atoms with Crippen LogP contribution in [-0.2, 0) is 11.2 Å². The van der Waals surface area contributed by atoms with Gasteiger partial charge in [-0.05, 0) is 79.1 Å². The molecule has 0 bridgehead atoms. The van der Waals surface area contributed by atoms with Gasteiger partial charge in [0.15, 0.2) is 11.5 Å². The molecule has 0 saturated heterocycles. The van der Waals surface area contributed by atoms with Crippen LogP contribution in [-0.4, -0.2) is 19.1 Å². The standard InChI is InChI=1S/C25H23Br2NO3/c1-3-30-22-13-17-14-24(29)28(20-11-9-19(27)10-12-20)25(16-5-7-18(26)8-6-16)21(17)15-23(22)31-4-2/h5-13,15,25H,3-4,14H2,1-2H3. The minimum atomic E-state index is -0.264. The maximum absolute atomic E-state index is 13.4. The molecule has 31 heavy (non-hydrogen) atoms. The summed E-state index contributed by atoms with van der Waals surface area (Å²) in [5, 5.41) is 0. The van der Waals surface area contributed by atoms with E-state index in [-0.39, 0.29) is 11.9 Å². The van der Waals surface area contributed by atoms with E-state index >= 15 is 0 Å². The van der Waals surface area contributed by atoms with E-state index in [2.05, 4.69) is 44.0 Å². The third-order valence-corrected chi connectivity index (χ3v) is 6.32. The van der Waals surface area contributed by atoms with Crippen molar-refractivity contribution in [2.45, 2.75) is 26.3 Å². The third kappa shape index (κ3) is 4.51. The number of carbonyl (C=O) groups excluding carboxylic acids is 1. The van der Waals surface area contributed by atoms with E-state index in [4.69, 9.17) is 9.47 Å². The van der Waals surface area contributed by atoms with Gasteiger partial charge >= 0.3 is 0 Å². The molecule has 160 valence electrons. The molecule has 1 aliphatic heterocycles. The highest BCUT2D eigenvalue weighted by Crippen LogP contribution is 2.43. The summed E-state index contributed by atoms with van der Waals surface area (Å²) < 4.78 is 13.7. The molecule has 0 fully saturated rings. The quantitative estimate of drug-likeness (QED) is 0.347. The Balaban J connectivity index is 1.91. The van der Waals surface area contributed by atoms with Crippen molar-refractivity contribution in [2.24, 2.45) is 0 Å². The Labute approximate surface area is 199 Å². The summed E-state index contributed by atoms with van der Waals surface area (Å²) in [5.41, 5.74) is 3.92. The predicted molar refractivity (Wildman–Crippen MR) is 130 cm³/mol. The van der Waals surface area contributed by atoms with Crippen LogP contribution in [0.25, 0.3) is 0 Å². The Bertz CT molecular complexity index is 1080. The zero-order chi connectivity index (χ0) is 22.0. The largest absolute Gasteiger partial charge is 0.490 e. The summed E-state index contributed by atoms with van der Waals surface area (Å²) in [6, 6.07) is 19.7. The molecular formula is C25H23Br2NO3. The average molecular weight is 545 g/mol. The van der Waals surface area contributed by atoms with E-state index in [9.17, 15) is 4.79 Å². The maximum Gasteiger partial charge on any atom is 0.232 e. The molecule has 3 aromatic carbocycles. The third-order valence-electron chi connectivity index (χ3n) is 5.26. The van der Waals surface area contributed by atoms with Crippen LogP contribution < -0.4 is 14.4 Å². The van der Waals surface area contributed by atoms with Crippen molar-refractivity contribution in [3.05, 3.63) is 86.3 Å². The Hall–Kier alpha value is -2.31. The fraction of sp³-hybridized carbons (Fsp3) is 0.240. The lowest BCUT2D eigenvalue weighted by Crippen LogP contribution is -2.41. The second-order valence-electron chi connectivity index (χ2n) is 7.23. The fourth-order valence-corrected chi connectivity index (χ4v) is 4.49. The minimum Gasteiger partial charge on any atom is -0.490 e. The second kappa shape index (κ2) is 9.45. The second-order valence-corrected chi connectivity index (χ2v) is 9.07. The van der Waals surface area contributed by atoms with Crippen molar-refractivity contribution in [3.8, 4) is 11.5 Å². The molecule has 0 N–H and O–H groups in total. The van der Waals surface area contributed by atoms with Gasteiger partial charge in [-0.2, -0.15) is 0 Å². The van der Waals surface area contributed by atoms with Crippen LogP contribution in [0.3, 0.4) is 0 Å². The molecule has 1 aliphatic rings. The molecule has 1 unspecified atom stereocenters. The number of ether oxygens (including phenoxy) is 2. The topological polar surface area (TPSA) is 38.8 Å². The molecule has 1 amide bonds. The normalized spacial score (nSPS) is 15.5. The monoisotopic (exact) mass is 543 g/mol. The van der Waals surface area contributed by atoms with E-state index in [0.717, 1.165) is 31.3 Å². The van der Waals surface area contributed by atoms with Crippen LogP contribution >= 0.6 is 31.9 Å². The van der Waals surface area contributed by atoms with Gasteiger partial charge in [-0.3, -0.25) is 4.79 Å². The summed E-state index contributed by atoms with van der Waals surface area (Å²) in [6.07, 6.45) is 0.310. The SMILES string of the molecule is CCOc1cc2c(cc1OCC)C(c1ccc(Br)cc1)N(c1ccc(Br)cc1)C(=O)C2. The van der Waals surface area contributed by atoms with Gasteiger partial charge in [0.1, 0.15) is 0 Å². The molecule has 6 heteroatoms. The average Bonchev–Trinajstić information content (AvgIpc) is 2.75. The number of amides is 1. The highest BCUT2D eigenvalue weighted by molar-refractivity contribution is 9.10. The predicted octanol–water partition coefficient (Wildman–Crippen LogP) is 6.69. The lowest BCUT2D eigenvalue weighted by molar-refractivity contribution is -0.118. The van der Waals surface area contributed by atoms with Crippen molar-refractivity contribution < 1.29 is 14.3 Å². The zero-order valence-electron chi connectivity index (χ0n) is 17.4. The number of halogens is 2. The van der Waals surface area contributed by atoms with Gasteiger partial charge in [0.2, 0.25) is 5.91 Å². The van der Waals surface area contributed by atoms with Gasteiger partial charge in [0.25, 0.3) is 0 Å². The van der Waals surface area contributed by atoms with Crippen molar-refractivity contribution >= 4 is 43.5 Å². The fourth-order valence-electron chi connectivity index (χ4n) is 3.96. The number of benzene rings is 3. The van der Waals surface area contributed by atoms with Crippen LogP contribution in [0.1, 0.15) is 36.6 Å². The number of rotatable bonds is 6. The summed E-state index contributed by atoms with van der Waals surface area (Å²) in [4.78, 5) is 15.3. The summed E-state index contributed by atoms with van der Waals surface area (Å²) in [7, 11) is 0. The number of nitrogens with zero attached hydrogens (tertiary/aromatic N) is 1. The molecular weight excluding hydrogens is 522 g/mol. The smallest absolute Gasteiger partial charge is 0.232 e. The highest BCUT2D eigenvalue weighted by atomic mass is 79.9. The molecule has 0 radical (unpaired) electrons. The number of fused-ring (bicyclic) bond motifs is 1. The van der Waals surface area contributed by atoms with Crippen LogP contribution in [0.15, 0.2) is 69.6 Å². The lowest BCUT2D eigenvalue weighted by atomic mass is 9.87. The lowest BCUT2D eigenvalue weighted by Gasteiger charge is -2.38. The first-order valence-corrected chi connectivity index (χ1v) is 11.9. The van der Waals surface area contributed by atoms with Gasteiger partial charge in [-0.25, -0.2) is 0 Å². The summed E-state index contributed by atoms with van der Waals surface area (Å²) in [5.74, 6) is 1.44. The van der Waals surface area contributed by atoms with E-state index in [1.165, 1.54) is 0 Å². The van der Waals surface area contributed by atoms with Crippen LogP contribution in [0.5, 0.6) is 11.5 Å². The van der Waals surface area contributed by atoms with Gasteiger partial charge in [0, 0.05) is 14.6 Å². The van der Waals surface area contributed by atoms with Crippen molar-refractivity contribution in [1.29, 1.82) is 0 Å². The first-order valence-electron chi connectivity index (χ1n) is 10.3. The van der Waals surface area contributed by atoms with Gasteiger partial charge in [0.05, 0.1) is 25.7 Å². The molecule has 1 heterocycles. The van der Waals surface area contributed by atoms with Gasteiger partial charge < -0.3 is 14.4 Å². The van der Waals surface area contributed by atoms with Gasteiger partial charge in [-0.1, -0.05) is 44.0 Å². The van der Waals surface area contributed by atoms with E-state index in [1.807, 2.05) is 67.3 Å². The minimum absolute atomic E-state index is 0.0503. The number of hydrogen-bond acceptors (Lipinski definition) is 3. The zero-order valence-corrected chi connectivity index (χ0v) is 20.6. The Morgan fingerprint density at radius 1 is 0.871 bits per heavy atom. The molecule has 0 aromatic heterocycles. The Morgan fingerprint density at radius 2 is 1.42 bits per heavy atom. The molecule has 0 saturated carbocycles. The molecule has 0 aliphatic carbocycles. The maximum atomic E-state index is 13.4. The van der Waals surface area contributed by atoms with E-state index in [0.29, 0.717) is 31.1 Å². The number of carbonyl (C=O) groups is 1. The van der Waals surface area contributed by atoms with E-state index < -0.39 is 0 Å². The molecule has 3 aromatic rings. The Morgan fingerprint density at radius 3 is 2.00 bits per heavy atom. The van der Waals surface area contributed by atoms with E-state index in [1.54, 1.807) is 0 Å². The van der Waals surface area contributed by atoms with Crippen molar-refractivity contribution in [2.75, 3.05) is 18.1 Å². The van der Waals surface area contributed by atoms with Gasteiger partial charge in [-0.15, -0.1) is 0 Å². The number of hydrogen-bond donors (Lipinski definition) is 0. The molecule has 4 nitrogen and oxygen atoms in total. The summed E-state index contributed by atoms with van der Waals surface area (Å²) >= 11 is 7.01. The highest BCUT2D eigenvalue weighted by Gasteiger charge is 2.36. The number of anilines is 1. The first kappa shape index (κ1) is 21.9. The van der Waals surface area contributed by atoms with Crippen LogP contribution in [0.2, 0.25) is 0 Å². The molecule has 4 rings (SSSR count). The molecule has 1 atom stereocenters. The molecule has 0 spiro atoms.